The van der Waals surface area contributed by atoms with Gasteiger partial charge in [0.2, 0.25) is 0 Å². The second-order valence-corrected chi connectivity index (χ2v) is 2.60. The number of hydrogen-bond acceptors (Lipinski definition) is 2. The summed E-state index contributed by atoms with van der Waals surface area (Å²) in [7, 11) is 1.59. The fourth-order valence-electron chi connectivity index (χ4n) is 1.17. The number of ether oxygens (including phenoxy) is 1. The number of hydrogen-bond donors (Lipinski definition) is 0. The molecule has 1 unspecified atom stereocenters. The van der Waals surface area contributed by atoms with Gasteiger partial charge in [-0.1, -0.05) is 12.2 Å². The Kier molecular flexibility index (Phi) is 2.22. The Morgan fingerprint density at radius 1 is 1.60 bits per heavy atom. The fraction of sp³-hybridized carbons (Fsp3) is 0.625. The lowest BCUT2D eigenvalue weighted by Gasteiger charge is -2.26. The van der Waals surface area contributed by atoms with Gasteiger partial charge in [0.15, 0.2) is 6.29 Å². The van der Waals surface area contributed by atoms with E-state index in [1.165, 1.54) is 0 Å². The average Bonchev–Trinajstić information content (AvgIpc) is 2.06. The second kappa shape index (κ2) is 2.97. The highest BCUT2D eigenvalue weighted by Crippen LogP contribution is 2.24. The van der Waals surface area contributed by atoms with E-state index in [4.69, 9.17) is 4.74 Å². The van der Waals surface area contributed by atoms with Crippen molar-refractivity contribution in [3.05, 3.63) is 12.2 Å². The van der Waals surface area contributed by atoms with Gasteiger partial charge in [-0.2, -0.15) is 0 Å². The first-order chi connectivity index (χ1) is 4.83. The molecule has 0 N–H and O–H groups in total. The normalized spacial score (nSPS) is 32.1. The summed E-state index contributed by atoms with van der Waals surface area (Å²) >= 11 is 0. The molecule has 0 aliphatic heterocycles. The highest BCUT2D eigenvalue weighted by Gasteiger charge is 2.28. The van der Waals surface area contributed by atoms with Crippen molar-refractivity contribution < 1.29 is 9.53 Å². The van der Waals surface area contributed by atoms with Gasteiger partial charge in [-0.15, -0.1) is 0 Å². The van der Waals surface area contributed by atoms with Crippen LogP contribution in [0.3, 0.4) is 0 Å². The molecule has 0 aromatic heterocycles. The lowest BCUT2D eigenvalue weighted by molar-refractivity contribution is -0.128. The average molecular weight is 140 g/mol. The van der Waals surface area contributed by atoms with Crippen molar-refractivity contribution in [2.75, 3.05) is 7.11 Å². The van der Waals surface area contributed by atoms with Gasteiger partial charge in [0.25, 0.3) is 0 Å². The van der Waals surface area contributed by atoms with Crippen LogP contribution in [0.25, 0.3) is 0 Å². The maximum absolute atomic E-state index is 10.6. The van der Waals surface area contributed by atoms with E-state index in [2.05, 4.69) is 6.08 Å². The lowest BCUT2D eigenvalue weighted by Crippen LogP contribution is -2.33. The van der Waals surface area contributed by atoms with Gasteiger partial charge in [0.05, 0.1) is 0 Å². The number of rotatable bonds is 2. The first-order valence-corrected chi connectivity index (χ1v) is 3.49. The summed E-state index contributed by atoms with van der Waals surface area (Å²) in [4.78, 5) is 10.6. The third-order valence-corrected chi connectivity index (χ3v) is 1.99. The minimum atomic E-state index is -0.505. The minimum Gasteiger partial charge on any atom is -0.370 e. The van der Waals surface area contributed by atoms with Crippen LogP contribution in [0.5, 0.6) is 0 Å². The number of methoxy groups -OCH3 is 1. The van der Waals surface area contributed by atoms with Crippen molar-refractivity contribution >= 4 is 6.29 Å². The van der Waals surface area contributed by atoms with Crippen LogP contribution >= 0.6 is 0 Å². The van der Waals surface area contributed by atoms with Crippen molar-refractivity contribution in [2.24, 2.45) is 0 Å². The summed E-state index contributed by atoms with van der Waals surface area (Å²) < 4.78 is 5.11. The molecule has 0 radical (unpaired) electrons. The predicted molar refractivity (Wildman–Crippen MR) is 38.8 cm³/mol. The molecule has 56 valence electrons. The largest absolute Gasteiger partial charge is 0.370 e. The Morgan fingerprint density at radius 2 is 2.40 bits per heavy atom. The van der Waals surface area contributed by atoms with Crippen LogP contribution in [0.4, 0.5) is 0 Å². The van der Waals surface area contributed by atoms with Crippen molar-refractivity contribution in [3.8, 4) is 0 Å². The summed E-state index contributed by atoms with van der Waals surface area (Å²) in [5, 5.41) is 0. The first-order valence-electron chi connectivity index (χ1n) is 3.49. The molecule has 0 fully saturated rings. The minimum absolute atomic E-state index is 0.505. The van der Waals surface area contributed by atoms with Crippen molar-refractivity contribution in [2.45, 2.75) is 24.9 Å². The molecule has 1 atom stereocenters. The molecule has 0 amide bonds. The zero-order chi connectivity index (χ0) is 7.45. The van der Waals surface area contributed by atoms with Crippen LogP contribution < -0.4 is 0 Å². The van der Waals surface area contributed by atoms with E-state index in [-0.39, 0.29) is 0 Å². The monoisotopic (exact) mass is 140 g/mol. The topological polar surface area (TPSA) is 26.3 Å². The molecule has 2 heteroatoms. The van der Waals surface area contributed by atoms with E-state index in [1.807, 2.05) is 6.08 Å². The molecule has 0 bridgehead atoms. The lowest BCUT2D eigenvalue weighted by atomic mass is 9.91. The Bertz CT molecular complexity index is 151. The van der Waals surface area contributed by atoms with Crippen LogP contribution in [0.2, 0.25) is 0 Å². The molecule has 10 heavy (non-hydrogen) atoms. The van der Waals surface area contributed by atoms with E-state index in [1.54, 1.807) is 7.11 Å². The van der Waals surface area contributed by atoms with E-state index in [0.717, 1.165) is 25.5 Å². The number of aldehydes is 1. The highest BCUT2D eigenvalue weighted by atomic mass is 16.5. The van der Waals surface area contributed by atoms with Gasteiger partial charge in [-0.25, -0.2) is 0 Å². The second-order valence-electron chi connectivity index (χ2n) is 2.60. The van der Waals surface area contributed by atoms with Crippen LogP contribution in [0.15, 0.2) is 12.2 Å². The molecule has 0 saturated heterocycles. The third-order valence-electron chi connectivity index (χ3n) is 1.99. The Hall–Kier alpha value is -0.630. The Labute approximate surface area is 60.9 Å². The summed E-state index contributed by atoms with van der Waals surface area (Å²) in [6.07, 6.45) is 7.50. The fourth-order valence-corrected chi connectivity index (χ4v) is 1.17. The quantitative estimate of drug-likeness (QED) is 0.427. The summed E-state index contributed by atoms with van der Waals surface area (Å²) in [5.41, 5.74) is -0.505. The summed E-state index contributed by atoms with van der Waals surface area (Å²) in [6, 6.07) is 0. The van der Waals surface area contributed by atoms with Gasteiger partial charge in [0.1, 0.15) is 5.60 Å². The molecule has 0 heterocycles. The van der Waals surface area contributed by atoms with Gasteiger partial charge in [0, 0.05) is 13.5 Å². The van der Waals surface area contributed by atoms with Crippen molar-refractivity contribution in [1.82, 2.24) is 0 Å². The van der Waals surface area contributed by atoms with Gasteiger partial charge < -0.3 is 9.53 Å². The van der Waals surface area contributed by atoms with Crippen LogP contribution in [0.1, 0.15) is 19.3 Å². The van der Waals surface area contributed by atoms with E-state index in [9.17, 15) is 4.79 Å². The zero-order valence-corrected chi connectivity index (χ0v) is 6.17. The molecule has 1 rings (SSSR count). The standard InChI is InChI=1S/C8H12O2/c1-10-8(7-9)5-3-2-4-6-8/h2-3,7H,4-6H2,1H3. The summed E-state index contributed by atoms with van der Waals surface area (Å²) in [6.45, 7) is 0. The van der Waals surface area contributed by atoms with E-state index in [0.29, 0.717) is 0 Å². The SMILES string of the molecule is COC1(C=O)CC=CCC1. The number of carbonyl (C=O) groups is 1. The molecule has 2 nitrogen and oxygen atoms in total. The molecule has 0 spiro atoms. The van der Waals surface area contributed by atoms with E-state index < -0.39 is 5.60 Å². The predicted octanol–water partition coefficient (Wildman–Crippen LogP) is 1.31. The van der Waals surface area contributed by atoms with Crippen LogP contribution in [0, 0.1) is 0 Å². The van der Waals surface area contributed by atoms with Crippen molar-refractivity contribution in [3.63, 3.8) is 0 Å². The van der Waals surface area contributed by atoms with Gasteiger partial charge in [-0.05, 0) is 12.8 Å². The molecule has 0 aromatic carbocycles. The molecule has 0 aromatic rings. The van der Waals surface area contributed by atoms with Crippen LogP contribution in [-0.2, 0) is 9.53 Å². The number of carbonyl (C=O) groups excluding carboxylic acids is 1. The van der Waals surface area contributed by atoms with E-state index >= 15 is 0 Å². The Balaban J connectivity index is 2.64. The van der Waals surface area contributed by atoms with Gasteiger partial charge in [-0.3, -0.25) is 0 Å². The zero-order valence-electron chi connectivity index (χ0n) is 6.17. The van der Waals surface area contributed by atoms with Crippen LogP contribution in [-0.4, -0.2) is 19.0 Å². The van der Waals surface area contributed by atoms with Gasteiger partial charge >= 0.3 is 0 Å². The summed E-state index contributed by atoms with van der Waals surface area (Å²) in [5.74, 6) is 0. The first kappa shape index (κ1) is 7.48. The molecule has 0 saturated carbocycles. The Morgan fingerprint density at radius 3 is 2.70 bits per heavy atom. The van der Waals surface area contributed by atoms with Crippen molar-refractivity contribution in [1.29, 1.82) is 0 Å². The smallest absolute Gasteiger partial charge is 0.152 e. The highest BCUT2D eigenvalue weighted by molar-refractivity contribution is 5.63. The molecular weight excluding hydrogens is 128 g/mol. The number of allylic oxidation sites excluding steroid dienone is 1. The molecule has 1 aliphatic rings. The molecule has 1 aliphatic carbocycles. The third kappa shape index (κ3) is 1.27. The molecular formula is C8H12O2. The maximum atomic E-state index is 10.6. The maximum Gasteiger partial charge on any atom is 0.152 e.